The van der Waals surface area contributed by atoms with Gasteiger partial charge in [-0.3, -0.25) is 14.4 Å². The van der Waals surface area contributed by atoms with Crippen LogP contribution < -0.4 is 0 Å². The van der Waals surface area contributed by atoms with Crippen LogP contribution in [0.3, 0.4) is 0 Å². The zero-order chi connectivity index (χ0) is 21.1. The van der Waals surface area contributed by atoms with Crippen LogP contribution in [-0.2, 0) is 4.79 Å². The van der Waals surface area contributed by atoms with Crippen LogP contribution in [0.2, 0.25) is 0 Å². The molecule has 0 atom stereocenters. The monoisotopic (exact) mass is 392 g/mol. The first-order chi connectivity index (χ1) is 13.8. The van der Waals surface area contributed by atoms with Crippen molar-refractivity contribution in [3.8, 4) is 0 Å². The first-order valence-electron chi connectivity index (χ1n) is 10.0. The second-order valence-corrected chi connectivity index (χ2v) is 7.99. The van der Waals surface area contributed by atoms with Crippen LogP contribution in [0, 0.1) is 19.8 Å². The van der Waals surface area contributed by atoms with Crippen molar-refractivity contribution >= 4 is 17.6 Å². The molecule has 0 aliphatic carbocycles. The molecule has 1 fully saturated rings. The Morgan fingerprint density at radius 1 is 0.897 bits per heavy atom. The van der Waals surface area contributed by atoms with Crippen molar-refractivity contribution in [3.63, 3.8) is 0 Å². The number of rotatable bonds is 4. The summed E-state index contributed by atoms with van der Waals surface area (Å²) in [5.41, 5.74) is 3.38. The van der Waals surface area contributed by atoms with Gasteiger partial charge < -0.3 is 9.80 Å². The maximum atomic E-state index is 13.2. The van der Waals surface area contributed by atoms with Gasteiger partial charge in [-0.1, -0.05) is 35.9 Å². The minimum atomic E-state index is -0.144. The molecule has 1 heterocycles. The number of aryl methyl sites for hydroxylation is 2. The highest BCUT2D eigenvalue weighted by Gasteiger charge is 2.30. The number of ketones is 1. The number of carbonyl (C=O) groups excluding carboxylic acids is 3. The van der Waals surface area contributed by atoms with Crippen LogP contribution in [0.15, 0.2) is 42.5 Å². The molecule has 0 radical (unpaired) electrons. The minimum Gasteiger partial charge on any atom is -0.349 e. The third-order valence-electron chi connectivity index (χ3n) is 5.61. The second-order valence-electron chi connectivity index (χ2n) is 7.99. The summed E-state index contributed by atoms with van der Waals surface area (Å²) in [5, 5.41) is 0. The fraction of sp³-hybridized carbons (Fsp3) is 0.375. The van der Waals surface area contributed by atoms with Crippen LogP contribution in [0.1, 0.15) is 50.2 Å². The van der Waals surface area contributed by atoms with Crippen molar-refractivity contribution < 1.29 is 14.4 Å². The molecule has 0 N–H and O–H groups in total. The van der Waals surface area contributed by atoms with E-state index in [4.69, 9.17) is 0 Å². The van der Waals surface area contributed by atoms with Gasteiger partial charge in [0.05, 0.1) is 5.56 Å². The van der Waals surface area contributed by atoms with Crippen molar-refractivity contribution in [3.05, 3.63) is 70.3 Å². The van der Waals surface area contributed by atoms with Gasteiger partial charge in [-0.25, -0.2) is 0 Å². The number of hydrogen-bond acceptors (Lipinski definition) is 3. The van der Waals surface area contributed by atoms with Gasteiger partial charge in [0.2, 0.25) is 5.91 Å². The number of hydrogen-bond donors (Lipinski definition) is 0. The molecule has 0 spiro atoms. The predicted molar refractivity (Wildman–Crippen MR) is 113 cm³/mol. The average Bonchev–Trinajstić information content (AvgIpc) is 2.74. The van der Waals surface area contributed by atoms with Gasteiger partial charge in [-0.05, 0) is 44.4 Å². The van der Waals surface area contributed by atoms with Crippen molar-refractivity contribution in [1.29, 1.82) is 0 Å². The number of carbonyl (C=O) groups is 3. The van der Waals surface area contributed by atoms with Crippen molar-refractivity contribution in [1.82, 2.24) is 9.80 Å². The number of nitrogens with zero attached hydrogens (tertiary/aromatic N) is 2. The Hall–Kier alpha value is -2.95. The van der Waals surface area contributed by atoms with Gasteiger partial charge in [-0.2, -0.15) is 0 Å². The van der Waals surface area contributed by atoms with Crippen molar-refractivity contribution in [2.24, 2.45) is 5.92 Å². The Morgan fingerprint density at radius 3 is 2.14 bits per heavy atom. The van der Waals surface area contributed by atoms with Crippen LogP contribution in [0.25, 0.3) is 0 Å². The molecule has 0 saturated carbocycles. The highest BCUT2D eigenvalue weighted by atomic mass is 16.2. The number of amides is 2. The largest absolute Gasteiger partial charge is 0.349 e. The highest BCUT2D eigenvalue weighted by molar-refractivity contribution is 6.16. The van der Waals surface area contributed by atoms with E-state index in [0.29, 0.717) is 42.6 Å². The third-order valence-corrected chi connectivity index (χ3v) is 5.61. The van der Waals surface area contributed by atoms with Crippen LogP contribution in [0.5, 0.6) is 0 Å². The standard InChI is InChI=1S/C24H28N2O3/c1-16-9-10-17(2)21(15-16)22(27)19-7-5-6-8-20(19)24(29)26-13-11-18(12-14-26)23(28)25(3)4/h5-10,15,18H,11-14H2,1-4H3. The molecule has 29 heavy (non-hydrogen) atoms. The molecule has 0 bridgehead atoms. The Bertz CT molecular complexity index is 941. The van der Waals surface area contributed by atoms with Gasteiger partial charge in [0, 0.05) is 44.2 Å². The van der Waals surface area contributed by atoms with Crippen LogP contribution >= 0.6 is 0 Å². The van der Waals surface area contributed by atoms with Gasteiger partial charge in [0.25, 0.3) is 5.91 Å². The molecule has 2 aromatic rings. The lowest BCUT2D eigenvalue weighted by Crippen LogP contribution is -2.43. The normalized spacial score (nSPS) is 14.6. The average molecular weight is 392 g/mol. The summed E-state index contributed by atoms with van der Waals surface area (Å²) in [6.45, 7) is 4.90. The van der Waals surface area contributed by atoms with Gasteiger partial charge >= 0.3 is 0 Å². The van der Waals surface area contributed by atoms with Gasteiger partial charge in [-0.15, -0.1) is 0 Å². The lowest BCUT2D eigenvalue weighted by molar-refractivity contribution is -0.134. The van der Waals surface area contributed by atoms with Crippen molar-refractivity contribution in [2.75, 3.05) is 27.2 Å². The van der Waals surface area contributed by atoms with Crippen LogP contribution in [-0.4, -0.2) is 54.6 Å². The number of likely N-dealkylation sites (tertiary alicyclic amines) is 1. The summed E-state index contributed by atoms with van der Waals surface area (Å²) >= 11 is 0. The summed E-state index contributed by atoms with van der Waals surface area (Å²) in [5.74, 6) is -0.203. The van der Waals surface area contributed by atoms with Gasteiger partial charge in [0.1, 0.15) is 0 Å². The van der Waals surface area contributed by atoms with Gasteiger partial charge in [0.15, 0.2) is 5.78 Å². The number of piperidine rings is 1. The smallest absolute Gasteiger partial charge is 0.254 e. The van der Waals surface area contributed by atoms with Crippen molar-refractivity contribution in [2.45, 2.75) is 26.7 Å². The van der Waals surface area contributed by atoms with E-state index in [1.54, 1.807) is 48.2 Å². The maximum Gasteiger partial charge on any atom is 0.254 e. The summed E-state index contributed by atoms with van der Waals surface area (Å²) in [4.78, 5) is 42.0. The molecule has 5 heteroatoms. The summed E-state index contributed by atoms with van der Waals surface area (Å²) in [7, 11) is 3.52. The molecule has 2 amide bonds. The maximum absolute atomic E-state index is 13.2. The van der Waals surface area contributed by atoms with Crippen LogP contribution in [0.4, 0.5) is 0 Å². The number of benzene rings is 2. The molecule has 152 valence electrons. The molecular weight excluding hydrogens is 364 g/mol. The first-order valence-corrected chi connectivity index (χ1v) is 10.0. The first kappa shape index (κ1) is 20.8. The summed E-state index contributed by atoms with van der Waals surface area (Å²) in [6, 6.07) is 12.8. The van der Waals surface area contributed by atoms with E-state index in [1.807, 2.05) is 32.0 Å². The molecule has 3 rings (SSSR count). The highest BCUT2D eigenvalue weighted by Crippen LogP contribution is 2.24. The molecule has 0 unspecified atom stereocenters. The lowest BCUT2D eigenvalue weighted by atomic mass is 9.92. The lowest BCUT2D eigenvalue weighted by Gasteiger charge is -2.32. The Morgan fingerprint density at radius 2 is 1.52 bits per heavy atom. The zero-order valence-electron chi connectivity index (χ0n) is 17.6. The van der Waals surface area contributed by atoms with E-state index < -0.39 is 0 Å². The SMILES string of the molecule is Cc1ccc(C)c(C(=O)c2ccccc2C(=O)N2CCC(C(=O)N(C)C)CC2)c1. The Kier molecular flexibility index (Phi) is 6.16. The molecular formula is C24H28N2O3. The van der Waals surface area contributed by atoms with E-state index in [-0.39, 0.29) is 23.5 Å². The zero-order valence-corrected chi connectivity index (χ0v) is 17.6. The molecule has 2 aromatic carbocycles. The fourth-order valence-electron chi connectivity index (χ4n) is 3.86. The quantitative estimate of drug-likeness (QED) is 0.749. The third kappa shape index (κ3) is 4.39. The van der Waals surface area contributed by atoms with E-state index in [2.05, 4.69) is 0 Å². The Labute approximate surface area is 172 Å². The summed E-state index contributed by atoms with van der Waals surface area (Å²) < 4.78 is 0. The summed E-state index contributed by atoms with van der Waals surface area (Å²) in [6.07, 6.45) is 1.30. The van der Waals surface area contributed by atoms with E-state index >= 15 is 0 Å². The second kappa shape index (κ2) is 8.60. The molecule has 5 nitrogen and oxygen atoms in total. The molecule has 0 aromatic heterocycles. The van der Waals surface area contributed by atoms with E-state index in [1.165, 1.54) is 0 Å². The topological polar surface area (TPSA) is 57.7 Å². The fourth-order valence-corrected chi connectivity index (χ4v) is 3.86. The Balaban J connectivity index is 1.82. The van der Waals surface area contributed by atoms with E-state index in [9.17, 15) is 14.4 Å². The molecule has 1 saturated heterocycles. The van der Waals surface area contributed by atoms with E-state index in [0.717, 1.165) is 11.1 Å². The predicted octanol–water partition coefficient (Wildman–Crippen LogP) is 3.47. The molecule has 1 aliphatic heterocycles. The molecule has 1 aliphatic rings. The minimum absolute atomic E-state index is 0.0409.